The van der Waals surface area contributed by atoms with Crippen molar-refractivity contribution >= 4 is 23.2 Å². The van der Waals surface area contributed by atoms with Crippen LogP contribution < -0.4 is 5.32 Å². The first-order chi connectivity index (χ1) is 9.00. The molecule has 0 aromatic carbocycles. The highest BCUT2D eigenvalue weighted by Crippen LogP contribution is 2.37. The molecule has 1 atom stereocenters. The predicted octanol–water partition coefficient (Wildman–Crippen LogP) is 1.12. The third-order valence-electron chi connectivity index (χ3n) is 3.87. The fraction of sp³-hybridized carbons (Fsp3) is 0.615. The molecule has 1 aliphatic heterocycles. The van der Waals surface area contributed by atoms with E-state index in [4.69, 9.17) is 0 Å². The average molecular weight is 279 g/mol. The van der Waals surface area contributed by atoms with Crippen molar-refractivity contribution in [3.63, 3.8) is 0 Å². The Balaban J connectivity index is 1.89. The van der Waals surface area contributed by atoms with E-state index in [2.05, 4.69) is 10.3 Å². The van der Waals surface area contributed by atoms with Gasteiger partial charge in [-0.2, -0.15) is 0 Å². The summed E-state index contributed by atoms with van der Waals surface area (Å²) in [7, 11) is 0. The van der Waals surface area contributed by atoms with Gasteiger partial charge < -0.3 is 10.2 Å². The molecule has 1 N–H and O–H groups in total. The van der Waals surface area contributed by atoms with Gasteiger partial charge in [0.05, 0.1) is 5.54 Å². The first-order valence-electron chi connectivity index (χ1n) is 6.51. The number of piperazine rings is 1. The molecule has 0 radical (unpaired) electrons. The highest BCUT2D eigenvalue weighted by Gasteiger charge is 2.47. The van der Waals surface area contributed by atoms with Crippen LogP contribution in [0.1, 0.15) is 31.7 Å². The molecule has 2 amide bonds. The fourth-order valence-corrected chi connectivity index (χ4v) is 3.30. The number of carbonyl (C=O) groups excluding carboxylic acids is 2. The maximum atomic E-state index is 12.6. The second kappa shape index (κ2) is 4.30. The van der Waals surface area contributed by atoms with Crippen LogP contribution in [0, 0.1) is 5.92 Å². The molecule has 1 saturated carbocycles. The normalized spacial score (nSPS) is 24.5. The molecule has 1 unspecified atom stereocenters. The van der Waals surface area contributed by atoms with Gasteiger partial charge in [0.15, 0.2) is 0 Å². The van der Waals surface area contributed by atoms with Gasteiger partial charge >= 0.3 is 0 Å². The summed E-state index contributed by atoms with van der Waals surface area (Å²) in [6.07, 6.45) is 3.79. The number of carbonyl (C=O) groups is 2. The van der Waals surface area contributed by atoms with Gasteiger partial charge in [0.25, 0.3) is 0 Å². The largest absolute Gasteiger partial charge is 0.342 e. The van der Waals surface area contributed by atoms with Gasteiger partial charge in [0, 0.05) is 11.6 Å². The maximum Gasteiger partial charge on any atom is 0.246 e. The summed E-state index contributed by atoms with van der Waals surface area (Å²) in [5.74, 6) is 0.287. The minimum Gasteiger partial charge on any atom is -0.342 e. The van der Waals surface area contributed by atoms with Crippen molar-refractivity contribution in [3.05, 3.63) is 16.6 Å². The molecular formula is C13H17N3O2S. The van der Waals surface area contributed by atoms with Gasteiger partial charge in [-0.15, -0.1) is 11.3 Å². The van der Waals surface area contributed by atoms with E-state index >= 15 is 0 Å². The molecule has 5 nitrogen and oxygen atoms in total. The summed E-state index contributed by atoms with van der Waals surface area (Å²) in [6, 6.07) is -0.333. The van der Waals surface area contributed by atoms with E-state index in [1.165, 1.54) is 11.3 Å². The minimum absolute atomic E-state index is 0.0299. The molecule has 19 heavy (non-hydrogen) atoms. The van der Waals surface area contributed by atoms with Crippen molar-refractivity contribution in [1.82, 2.24) is 15.2 Å². The zero-order valence-corrected chi connectivity index (χ0v) is 11.9. The van der Waals surface area contributed by atoms with Crippen LogP contribution >= 0.6 is 11.3 Å². The number of hydrogen-bond donors (Lipinski definition) is 1. The molecule has 0 spiro atoms. The summed E-state index contributed by atoms with van der Waals surface area (Å²) in [4.78, 5) is 30.4. The Morgan fingerprint density at radius 1 is 1.42 bits per heavy atom. The number of amides is 2. The highest BCUT2D eigenvalue weighted by molar-refractivity contribution is 7.09. The van der Waals surface area contributed by atoms with Crippen LogP contribution in [-0.4, -0.2) is 34.3 Å². The van der Waals surface area contributed by atoms with Gasteiger partial charge in [-0.25, -0.2) is 4.98 Å². The lowest BCUT2D eigenvalue weighted by molar-refractivity contribution is -0.150. The Hall–Kier alpha value is -1.43. The summed E-state index contributed by atoms with van der Waals surface area (Å²) in [5, 5.41) is 5.59. The second-order valence-electron chi connectivity index (χ2n) is 5.70. The van der Waals surface area contributed by atoms with Crippen molar-refractivity contribution in [2.45, 2.75) is 38.3 Å². The Morgan fingerprint density at radius 2 is 2.16 bits per heavy atom. The zero-order chi connectivity index (χ0) is 13.6. The second-order valence-corrected chi connectivity index (χ2v) is 6.60. The fourth-order valence-electron chi connectivity index (χ4n) is 2.53. The molecule has 2 heterocycles. The van der Waals surface area contributed by atoms with Crippen LogP contribution in [0.5, 0.6) is 0 Å². The average Bonchev–Trinajstić information content (AvgIpc) is 3.04. The lowest BCUT2D eigenvalue weighted by Gasteiger charge is -2.42. The molecule has 102 valence electrons. The number of thiazole rings is 1. The van der Waals surface area contributed by atoms with Crippen molar-refractivity contribution in [1.29, 1.82) is 0 Å². The summed E-state index contributed by atoms with van der Waals surface area (Å²) >= 11 is 1.52. The maximum absolute atomic E-state index is 12.6. The van der Waals surface area contributed by atoms with Crippen molar-refractivity contribution < 1.29 is 9.59 Å². The summed E-state index contributed by atoms with van der Waals surface area (Å²) in [5.41, 5.74) is -0.532. The Kier molecular flexibility index (Phi) is 2.85. The molecule has 1 aromatic rings. The Labute approximate surface area is 116 Å². The predicted molar refractivity (Wildman–Crippen MR) is 71.5 cm³/mol. The molecule has 2 aliphatic rings. The highest BCUT2D eigenvalue weighted by atomic mass is 32.1. The SMILES string of the molecule is CC(C)(c1nccs1)N1CC(=O)NC(C2CC2)C1=O. The van der Waals surface area contributed by atoms with Crippen LogP contribution in [0.3, 0.4) is 0 Å². The Bertz CT molecular complexity index is 508. The van der Waals surface area contributed by atoms with E-state index in [9.17, 15) is 9.59 Å². The van der Waals surface area contributed by atoms with E-state index in [0.29, 0.717) is 5.92 Å². The number of aromatic nitrogens is 1. The van der Waals surface area contributed by atoms with E-state index < -0.39 is 5.54 Å². The third kappa shape index (κ3) is 2.14. The molecule has 1 aliphatic carbocycles. The van der Waals surface area contributed by atoms with Gasteiger partial charge in [0.1, 0.15) is 17.6 Å². The quantitative estimate of drug-likeness (QED) is 0.901. The van der Waals surface area contributed by atoms with Gasteiger partial charge in [-0.3, -0.25) is 9.59 Å². The molecule has 3 rings (SSSR count). The van der Waals surface area contributed by atoms with Gasteiger partial charge in [-0.1, -0.05) is 0 Å². The van der Waals surface area contributed by atoms with Crippen LogP contribution in [-0.2, 0) is 15.1 Å². The number of hydrogen-bond acceptors (Lipinski definition) is 4. The molecule has 1 saturated heterocycles. The van der Waals surface area contributed by atoms with Gasteiger partial charge in [0.2, 0.25) is 11.8 Å². The van der Waals surface area contributed by atoms with Crippen LogP contribution in [0.25, 0.3) is 0 Å². The molecule has 6 heteroatoms. The van der Waals surface area contributed by atoms with Gasteiger partial charge in [-0.05, 0) is 32.6 Å². The summed E-state index contributed by atoms with van der Waals surface area (Å²) < 4.78 is 0. The smallest absolute Gasteiger partial charge is 0.246 e. The van der Waals surface area contributed by atoms with Crippen molar-refractivity contribution in [3.8, 4) is 0 Å². The third-order valence-corrected chi connectivity index (χ3v) is 4.96. The lowest BCUT2D eigenvalue weighted by Crippen LogP contribution is -2.63. The molecule has 2 fully saturated rings. The Morgan fingerprint density at radius 3 is 2.74 bits per heavy atom. The van der Waals surface area contributed by atoms with Crippen molar-refractivity contribution in [2.75, 3.05) is 6.54 Å². The lowest BCUT2D eigenvalue weighted by atomic mass is 9.98. The topological polar surface area (TPSA) is 62.3 Å². The first kappa shape index (κ1) is 12.6. The van der Waals surface area contributed by atoms with E-state index in [-0.39, 0.29) is 24.4 Å². The minimum atomic E-state index is -0.532. The van der Waals surface area contributed by atoms with Crippen molar-refractivity contribution in [2.24, 2.45) is 5.92 Å². The summed E-state index contributed by atoms with van der Waals surface area (Å²) in [6.45, 7) is 4.02. The molecular weight excluding hydrogens is 262 g/mol. The van der Waals surface area contributed by atoms with Crippen LogP contribution in [0.2, 0.25) is 0 Å². The monoisotopic (exact) mass is 279 g/mol. The van der Waals surface area contributed by atoms with E-state index in [1.807, 2.05) is 19.2 Å². The molecule has 0 bridgehead atoms. The first-order valence-corrected chi connectivity index (χ1v) is 7.39. The van der Waals surface area contributed by atoms with E-state index in [0.717, 1.165) is 17.8 Å². The number of rotatable bonds is 3. The van der Waals surface area contributed by atoms with E-state index in [1.54, 1.807) is 11.1 Å². The van der Waals surface area contributed by atoms with Crippen LogP contribution in [0.15, 0.2) is 11.6 Å². The molecule has 1 aromatic heterocycles. The number of nitrogens with zero attached hydrogens (tertiary/aromatic N) is 2. The van der Waals surface area contributed by atoms with Crippen LogP contribution in [0.4, 0.5) is 0 Å². The zero-order valence-electron chi connectivity index (χ0n) is 11.0. The standard InChI is InChI=1S/C13H17N3O2S/c1-13(2,12-14-5-6-19-12)16-7-9(17)15-10(11(16)18)8-3-4-8/h5-6,8,10H,3-4,7H2,1-2H3,(H,15,17). The number of nitrogens with one attached hydrogen (secondary N) is 1.